The molecule has 0 bridgehead atoms. The molecule has 5 nitrogen and oxygen atoms in total. The van der Waals surface area contributed by atoms with Gasteiger partial charge in [-0.25, -0.2) is 12.8 Å². The molecule has 1 fully saturated rings. The van der Waals surface area contributed by atoms with Gasteiger partial charge in [0.2, 0.25) is 0 Å². The Morgan fingerprint density at radius 2 is 1.84 bits per heavy atom. The summed E-state index contributed by atoms with van der Waals surface area (Å²) in [5.74, 6) is -2.39. The van der Waals surface area contributed by atoms with Crippen molar-refractivity contribution in [2.24, 2.45) is 0 Å². The number of ether oxygens (including phenoxy) is 1. The maximum absolute atomic E-state index is 13.7. The van der Waals surface area contributed by atoms with Gasteiger partial charge in [-0.15, -0.1) is 0 Å². The van der Waals surface area contributed by atoms with Crippen LogP contribution in [0.1, 0.15) is 12.8 Å². The Morgan fingerprint density at radius 1 is 1.26 bits per heavy atom. The zero-order valence-corrected chi connectivity index (χ0v) is 10.8. The summed E-state index contributed by atoms with van der Waals surface area (Å²) >= 11 is 0. The van der Waals surface area contributed by atoms with Crippen LogP contribution in [-0.4, -0.2) is 37.5 Å². The number of carboxylic acid groups (broad SMARTS) is 1. The molecule has 104 valence electrons. The Morgan fingerprint density at radius 3 is 2.37 bits per heavy atom. The van der Waals surface area contributed by atoms with Gasteiger partial charge in [-0.05, 0) is 12.1 Å². The van der Waals surface area contributed by atoms with E-state index in [1.807, 2.05) is 0 Å². The number of aliphatic carboxylic acids is 1. The van der Waals surface area contributed by atoms with Crippen LogP contribution in [0.15, 0.2) is 29.2 Å². The molecule has 0 unspecified atom stereocenters. The molecule has 1 N–H and O–H groups in total. The number of benzene rings is 1. The zero-order valence-electron chi connectivity index (χ0n) is 10.0. The molecule has 1 aromatic carbocycles. The van der Waals surface area contributed by atoms with Crippen molar-refractivity contribution in [2.75, 3.05) is 13.2 Å². The lowest BCUT2D eigenvalue weighted by Gasteiger charge is -2.32. The van der Waals surface area contributed by atoms with E-state index in [0.29, 0.717) is 0 Å². The van der Waals surface area contributed by atoms with Crippen LogP contribution in [0.2, 0.25) is 0 Å². The first kappa shape index (κ1) is 14.0. The third-order valence-electron chi connectivity index (χ3n) is 3.33. The van der Waals surface area contributed by atoms with Gasteiger partial charge >= 0.3 is 5.97 Å². The molecule has 0 saturated carbocycles. The molecule has 1 saturated heterocycles. The van der Waals surface area contributed by atoms with Gasteiger partial charge in [0.05, 0.1) is 0 Å². The van der Waals surface area contributed by atoms with Crippen molar-refractivity contribution >= 4 is 15.8 Å². The van der Waals surface area contributed by atoms with Crippen LogP contribution in [0.5, 0.6) is 0 Å². The van der Waals surface area contributed by atoms with Crippen LogP contribution in [0.25, 0.3) is 0 Å². The van der Waals surface area contributed by atoms with Gasteiger partial charge in [0.1, 0.15) is 10.7 Å². The molecule has 0 amide bonds. The molecular formula is C12H13FO5S. The summed E-state index contributed by atoms with van der Waals surface area (Å²) in [5, 5.41) is 9.32. The van der Waals surface area contributed by atoms with E-state index in [9.17, 15) is 22.7 Å². The highest BCUT2D eigenvalue weighted by atomic mass is 32.2. The summed E-state index contributed by atoms with van der Waals surface area (Å²) in [6, 6.07) is 4.81. The fourth-order valence-corrected chi connectivity index (χ4v) is 4.11. The minimum absolute atomic E-state index is 0.0278. The minimum atomic E-state index is -4.31. The molecule has 0 spiro atoms. The molecule has 1 aliphatic heterocycles. The van der Waals surface area contributed by atoms with Crippen molar-refractivity contribution in [3.8, 4) is 0 Å². The first-order valence-corrected chi connectivity index (χ1v) is 7.20. The van der Waals surface area contributed by atoms with E-state index in [-0.39, 0.29) is 26.1 Å². The topological polar surface area (TPSA) is 80.7 Å². The van der Waals surface area contributed by atoms with Crippen molar-refractivity contribution in [1.29, 1.82) is 0 Å². The average Bonchev–Trinajstić information content (AvgIpc) is 2.39. The number of hydrogen-bond acceptors (Lipinski definition) is 4. The van der Waals surface area contributed by atoms with Crippen LogP contribution in [0, 0.1) is 5.82 Å². The van der Waals surface area contributed by atoms with Crippen molar-refractivity contribution in [2.45, 2.75) is 22.5 Å². The first-order chi connectivity index (χ1) is 8.92. The van der Waals surface area contributed by atoms with Gasteiger partial charge < -0.3 is 9.84 Å². The zero-order chi connectivity index (χ0) is 14.1. The van der Waals surface area contributed by atoms with Crippen molar-refractivity contribution < 1.29 is 27.4 Å². The molecular weight excluding hydrogens is 275 g/mol. The molecule has 0 atom stereocenters. The quantitative estimate of drug-likeness (QED) is 0.905. The van der Waals surface area contributed by atoms with Crippen LogP contribution in [-0.2, 0) is 19.4 Å². The van der Waals surface area contributed by atoms with E-state index in [2.05, 4.69) is 0 Å². The van der Waals surface area contributed by atoms with Crippen molar-refractivity contribution in [3.05, 3.63) is 30.1 Å². The summed E-state index contributed by atoms with van der Waals surface area (Å²) < 4.78 is 41.7. The largest absolute Gasteiger partial charge is 0.480 e. The Kier molecular flexibility index (Phi) is 3.60. The second-order valence-corrected chi connectivity index (χ2v) is 6.57. The Labute approximate surface area is 109 Å². The highest BCUT2D eigenvalue weighted by molar-refractivity contribution is 7.93. The summed E-state index contributed by atoms with van der Waals surface area (Å²) in [5.41, 5.74) is 0. The monoisotopic (exact) mass is 288 g/mol. The summed E-state index contributed by atoms with van der Waals surface area (Å²) in [4.78, 5) is 10.9. The van der Waals surface area contributed by atoms with Crippen LogP contribution < -0.4 is 0 Å². The smallest absolute Gasteiger partial charge is 0.325 e. The Hall–Kier alpha value is -1.47. The molecule has 0 radical (unpaired) electrons. The maximum atomic E-state index is 13.7. The number of halogens is 1. The van der Waals surface area contributed by atoms with Gasteiger partial charge in [-0.2, -0.15) is 0 Å². The minimum Gasteiger partial charge on any atom is -0.480 e. The summed E-state index contributed by atoms with van der Waals surface area (Å²) in [6.07, 6.45) is -0.363. The molecule has 1 aliphatic rings. The predicted octanol–water partition coefficient (Wildman–Crippen LogP) is 1.23. The van der Waals surface area contributed by atoms with Gasteiger partial charge in [-0.3, -0.25) is 4.79 Å². The van der Waals surface area contributed by atoms with Crippen LogP contribution >= 0.6 is 0 Å². The molecule has 1 heterocycles. The molecule has 1 aromatic rings. The lowest BCUT2D eigenvalue weighted by atomic mass is 9.99. The average molecular weight is 288 g/mol. The highest BCUT2D eigenvalue weighted by Crippen LogP contribution is 2.36. The third-order valence-corrected chi connectivity index (χ3v) is 5.85. The van der Waals surface area contributed by atoms with Gasteiger partial charge in [0.15, 0.2) is 14.6 Å². The number of carbonyl (C=O) groups is 1. The molecule has 2 rings (SSSR count). The van der Waals surface area contributed by atoms with E-state index >= 15 is 0 Å². The van der Waals surface area contributed by atoms with E-state index in [0.717, 1.165) is 12.1 Å². The fourth-order valence-electron chi connectivity index (χ4n) is 2.17. The summed E-state index contributed by atoms with van der Waals surface area (Å²) in [7, 11) is -4.31. The number of sulfone groups is 1. The standard InChI is InChI=1S/C12H13FO5S/c13-9-3-1-2-4-10(9)19(16,17)12(11(14)15)5-7-18-8-6-12/h1-4H,5-8H2,(H,14,15). The van der Waals surface area contributed by atoms with E-state index in [1.54, 1.807) is 0 Å². The summed E-state index contributed by atoms with van der Waals surface area (Å²) in [6.45, 7) is 0.0555. The number of hydrogen-bond donors (Lipinski definition) is 1. The molecule has 0 aliphatic carbocycles. The Balaban J connectivity index is 2.59. The van der Waals surface area contributed by atoms with Gasteiger partial charge in [0.25, 0.3) is 0 Å². The second kappa shape index (κ2) is 4.90. The molecule has 0 aromatic heterocycles. The van der Waals surface area contributed by atoms with Gasteiger partial charge in [0, 0.05) is 26.1 Å². The third kappa shape index (κ3) is 2.12. The lowest BCUT2D eigenvalue weighted by Crippen LogP contribution is -2.50. The molecule has 7 heteroatoms. The van der Waals surface area contributed by atoms with Crippen molar-refractivity contribution in [1.82, 2.24) is 0 Å². The molecule has 19 heavy (non-hydrogen) atoms. The van der Waals surface area contributed by atoms with E-state index in [1.165, 1.54) is 12.1 Å². The number of carboxylic acids is 1. The second-order valence-electron chi connectivity index (χ2n) is 4.35. The lowest BCUT2D eigenvalue weighted by molar-refractivity contribution is -0.142. The SMILES string of the molecule is O=C(O)C1(S(=O)(=O)c2ccccc2F)CCOCC1. The van der Waals surface area contributed by atoms with E-state index in [4.69, 9.17) is 4.74 Å². The van der Waals surface area contributed by atoms with Crippen LogP contribution in [0.3, 0.4) is 0 Å². The fraction of sp³-hybridized carbons (Fsp3) is 0.417. The van der Waals surface area contributed by atoms with Gasteiger partial charge in [-0.1, -0.05) is 12.1 Å². The van der Waals surface area contributed by atoms with Crippen LogP contribution in [0.4, 0.5) is 4.39 Å². The normalized spacial score (nSPS) is 19.0. The number of rotatable bonds is 3. The maximum Gasteiger partial charge on any atom is 0.325 e. The van der Waals surface area contributed by atoms with E-state index < -0.39 is 31.3 Å². The van der Waals surface area contributed by atoms with Crippen molar-refractivity contribution in [3.63, 3.8) is 0 Å². The highest BCUT2D eigenvalue weighted by Gasteiger charge is 2.53. The predicted molar refractivity (Wildman–Crippen MR) is 64.0 cm³/mol. The first-order valence-electron chi connectivity index (χ1n) is 5.72. The Bertz CT molecular complexity index is 590.